The first-order chi connectivity index (χ1) is 8.24. The van der Waals surface area contributed by atoms with Crippen LogP contribution in [0.25, 0.3) is 11.3 Å². The van der Waals surface area contributed by atoms with Gasteiger partial charge in [-0.15, -0.1) is 0 Å². The van der Waals surface area contributed by atoms with Gasteiger partial charge < -0.3 is 9.47 Å². The summed E-state index contributed by atoms with van der Waals surface area (Å²) in [5.41, 5.74) is 1.64. The molecular weight excluding hydrogens is 240 g/mol. The van der Waals surface area contributed by atoms with Gasteiger partial charge >= 0.3 is 6.01 Å². The summed E-state index contributed by atoms with van der Waals surface area (Å²) >= 11 is 6.05. The molecule has 0 aliphatic heterocycles. The molecule has 0 atom stereocenters. The molecule has 0 radical (unpaired) electrons. The second-order valence-electron chi connectivity index (χ2n) is 3.28. The van der Waals surface area contributed by atoms with E-state index in [4.69, 9.17) is 21.1 Å². The molecule has 2 rings (SSSR count). The highest BCUT2D eigenvalue weighted by atomic mass is 35.5. The fourth-order valence-corrected chi connectivity index (χ4v) is 1.68. The smallest absolute Gasteiger partial charge is 0.316 e. The van der Waals surface area contributed by atoms with Crippen LogP contribution in [0.15, 0.2) is 30.5 Å². The van der Waals surface area contributed by atoms with Crippen LogP contribution < -0.4 is 9.47 Å². The topological polar surface area (TPSA) is 44.2 Å². The molecule has 17 heavy (non-hydrogen) atoms. The van der Waals surface area contributed by atoms with Gasteiger partial charge in [-0.3, -0.25) is 0 Å². The van der Waals surface area contributed by atoms with Gasteiger partial charge in [-0.1, -0.05) is 11.6 Å². The van der Waals surface area contributed by atoms with E-state index in [1.807, 2.05) is 6.07 Å². The number of ether oxygens (including phenoxy) is 2. The fraction of sp³-hybridized carbons (Fsp3) is 0.167. The zero-order valence-electron chi connectivity index (χ0n) is 9.48. The Morgan fingerprint density at radius 2 is 1.94 bits per heavy atom. The van der Waals surface area contributed by atoms with Gasteiger partial charge in [0.1, 0.15) is 5.75 Å². The van der Waals surface area contributed by atoms with E-state index in [1.165, 1.54) is 7.11 Å². The third-order valence-corrected chi connectivity index (χ3v) is 2.56. The van der Waals surface area contributed by atoms with E-state index in [0.29, 0.717) is 16.8 Å². The SMILES string of the molecule is COc1nccc(-c2ccc(OC)c(Cl)c2)n1. The molecule has 0 aliphatic carbocycles. The van der Waals surface area contributed by atoms with Crippen LogP contribution in [0.4, 0.5) is 0 Å². The molecule has 88 valence electrons. The monoisotopic (exact) mass is 250 g/mol. The van der Waals surface area contributed by atoms with Crippen molar-refractivity contribution in [2.24, 2.45) is 0 Å². The van der Waals surface area contributed by atoms with E-state index in [1.54, 1.807) is 31.5 Å². The molecule has 0 saturated carbocycles. The van der Waals surface area contributed by atoms with Gasteiger partial charge in [0.25, 0.3) is 0 Å². The standard InChI is InChI=1S/C12H11ClN2O2/c1-16-11-4-3-8(7-9(11)13)10-5-6-14-12(15-10)17-2/h3-7H,1-2H3. The van der Waals surface area contributed by atoms with Crippen LogP contribution in [0.3, 0.4) is 0 Å². The van der Waals surface area contributed by atoms with Crippen molar-refractivity contribution >= 4 is 11.6 Å². The predicted molar refractivity (Wildman–Crippen MR) is 65.6 cm³/mol. The van der Waals surface area contributed by atoms with Crippen LogP contribution in [-0.4, -0.2) is 24.2 Å². The summed E-state index contributed by atoms with van der Waals surface area (Å²) in [6.45, 7) is 0. The van der Waals surface area contributed by atoms with Crippen molar-refractivity contribution < 1.29 is 9.47 Å². The van der Waals surface area contributed by atoms with Gasteiger partial charge in [-0.05, 0) is 24.3 Å². The van der Waals surface area contributed by atoms with Crippen LogP contribution in [0.5, 0.6) is 11.8 Å². The first kappa shape index (κ1) is 11.7. The average molecular weight is 251 g/mol. The Balaban J connectivity index is 2.42. The van der Waals surface area contributed by atoms with Gasteiger partial charge in [-0.25, -0.2) is 4.98 Å². The second-order valence-corrected chi connectivity index (χ2v) is 3.69. The van der Waals surface area contributed by atoms with Gasteiger partial charge in [0.15, 0.2) is 0 Å². The third kappa shape index (κ3) is 2.47. The van der Waals surface area contributed by atoms with Crippen molar-refractivity contribution in [2.45, 2.75) is 0 Å². The van der Waals surface area contributed by atoms with E-state index >= 15 is 0 Å². The number of methoxy groups -OCH3 is 2. The summed E-state index contributed by atoms with van der Waals surface area (Å²) < 4.78 is 10.1. The first-order valence-corrected chi connectivity index (χ1v) is 5.33. The maximum atomic E-state index is 6.05. The molecule has 0 amide bonds. The average Bonchev–Trinajstić information content (AvgIpc) is 2.38. The van der Waals surface area contributed by atoms with Crippen LogP contribution >= 0.6 is 11.6 Å². The number of benzene rings is 1. The van der Waals surface area contributed by atoms with Gasteiger partial charge in [0.2, 0.25) is 0 Å². The lowest BCUT2D eigenvalue weighted by atomic mass is 10.1. The molecule has 1 aromatic carbocycles. The Kier molecular flexibility index (Phi) is 3.44. The summed E-state index contributed by atoms with van der Waals surface area (Å²) in [6.07, 6.45) is 1.64. The summed E-state index contributed by atoms with van der Waals surface area (Å²) in [6, 6.07) is 7.59. The van der Waals surface area contributed by atoms with Gasteiger partial charge in [-0.2, -0.15) is 4.98 Å². The number of aromatic nitrogens is 2. The Morgan fingerprint density at radius 3 is 2.59 bits per heavy atom. The molecule has 5 heteroatoms. The van der Waals surface area contributed by atoms with Crippen molar-refractivity contribution in [3.05, 3.63) is 35.5 Å². The maximum Gasteiger partial charge on any atom is 0.316 e. The molecule has 0 fully saturated rings. The van der Waals surface area contributed by atoms with E-state index < -0.39 is 0 Å². The van der Waals surface area contributed by atoms with Gasteiger partial charge in [0.05, 0.1) is 24.9 Å². The van der Waals surface area contributed by atoms with E-state index in [9.17, 15) is 0 Å². The molecule has 1 aromatic heterocycles. The minimum atomic E-state index is 0.328. The van der Waals surface area contributed by atoms with Crippen molar-refractivity contribution in [3.63, 3.8) is 0 Å². The van der Waals surface area contributed by atoms with E-state index in [2.05, 4.69) is 9.97 Å². The highest BCUT2D eigenvalue weighted by Gasteiger charge is 2.06. The van der Waals surface area contributed by atoms with E-state index in [0.717, 1.165) is 11.3 Å². The van der Waals surface area contributed by atoms with E-state index in [-0.39, 0.29) is 0 Å². The molecule has 0 spiro atoms. The summed E-state index contributed by atoms with van der Waals surface area (Å²) in [4.78, 5) is 8.17. The zero-order chi connectivity index (χ0) is 12.3. The summed E-state index contributed by atoms with van der Waals surface area (Å²) in [5.74, 6) is 0.636. The van der Waals surface area contributed by atoms with Gasteiger partial charge in [0, 0.05) is 11.8 Å². The van der Waals surface area contributed by atoms with Crippen LogP contribution in [0, 0.1) is 0 Å². The van der Waals surface area contributed by atoms with Crippen LogP contribution in [0.2, 0.25) is 5.02 Å². The quantitative estimate of drug-likeness (QED) is 0.840. The molecule has 0 bridgehead atoms. The molecule has 2 aromatic rings. The molecule has 0 saturated heterocycles. The van der Waals surface area contributed by atoms with Crippen LogP contribution in [0.1, 0.15) is 0 Å². The lowest BCUT2D eigenvalue weighted by molar-refractivity contribution is 0.380. The number of nitrogens with zero attached hydrogens (tertiary/aromatic N) is 2. The third-order valence-electron chi connectivity index (χ3n) is 2.26. The molecule has 0 unspecified atom stereocenters. The number of hydrogen-bond donors (Lipinski definition) is 0. The largest absolute Gasteiger partial charge is 0.495 e. The minimum Gasteiger partial charge on any atom is -0.495 e. The Labute approximate surface area is 104 Å². The lowest BCUT2D eigenvalue weighted by Crippen LogP contribution is -1.93. The molecular formula is C12H11ClN2O2. The van der Waals surface area contributed by atoms with Crippen molar-refractivity contribution in [1.82, 2.24) is 9.97 Å². The summed E-state index contributed by atoms with van der Waals surface area (Å²) in [7, 11) is 3.11. The number of hydrogen-bond acceptors (Lipinski definition) is 4. The molecule has 1 heterocycles. The lowest BCUT2D eigenvalue weighted by Gasteiger charge is -2.06. The van der Waals surface area contributed by atoms with Crippen molar-refractivity contribution in [3.8, 4) is 23.0 Å². The normalized spacial score (nSPS) is 10.1. The van der Waals surface area contributed by atoms with Crippen molar-refractivity contribution in [1.29, 1.82) is 0 Å². The second kappa shape index (κ2) is 5.01. The number of halogens is 1. The fourth-order valence-electron chi connectivity index (χ4n) is 1.43. The van der Waals surface area contributed by atoms with Crippen LogP contribution in [-0.2, 0) is 0 Å². The number of rotatable bonds is 3. The molecule has 4 nitrogen and oxygen atoms in total. The highest BCUT2D eigenvalue weighted by Crippen LogP contribution is 2.29. The Hall–Kier alpha value is -1.81. The summed E-state index contributed by atoms with van der Waals surface area (Å²) in [5, 5.41) is 0.544. The Morgan fingerprint density at radius 1 is 1.12 bits per heavy atom. The zero-order valence-corrected chi connectivity index (χ0v) is 10.2. The predicted octanol–water partition coefficient (Wildman–Crippen LogP) is 2.81. The van der Waals surface area contributed by atoms with Crippen molar-refractivity contribution in [2.75, 3.05) is 14.2 Å². The maximum absolute atomic E-state index is 6.05. The highest BCUT2D eigenvalue weighted by molar-refractivity contribution is 6.32. The molecule has 0 aliphatic rings. The first-order valence-electron chi connectivity index (χ1n) is 4.95. The Bertz CT molecular complexity index is 532. The molecule has 0 N–H and O–H groups in total. The minimum absolute atomic E-state index is 0.328.